The number of fused-ring (bicyclic) bond motifs is 3. The second kappa shape index (κ2) is 4.12. The standard InChI is InChI=1S/C16H15NO2/c1-9-4-5-10(2)15-14(9)12-8-11(16(18)19-3)6-7-13(12)17-15/h4-8,17H,1-3H3. The molecule has 3 rings (SSSR count). The Morgan fingerprint density at radius 2 is 1.84 bits per heavy atom. The molecule has 19 heavy (non-hydrogen) atoms. The summed E-state index contributed by atoms with van der Waals surface area (Å²) < 4.78 is 4.78. The predicted molar refractivity (Wildman–Crippen MR) is 76.6 cm³/mol. The number of methoxy groups -OCH3 is 1. The molecule has 0 saturated heterocycles. The van der Waals surface area contributed by atoms with Crippen molar-refractivity contribution in [1.82, 2.24) is 4.98 Å². The lowest BCUT2D eigenvalue weighted by atomic mass is 10.0. The highest BCUT2D eigenvalue weighted by Crippen LogP contribution is 2.30. The lowest BCUT2D eigenvalue weighted by Gasteiger charge is -2.01. The van der Waals surface area contributed by atoms with Gasteiger partial charge in [-0.2, -0.15) is 0 Å². The van der Waals surface area contributed by atoms with Crippen molar-refractivity contribution < 1.29 is 9.53 Å². The summed E-state index contributed by atoms with van der Waals surface area (Å²) in [6.45, 7) is 4.16. The van der Waals surface area contributed by atoms with E-state index in [4.69, 9.17) is 4.74 Å². The molecule has 3 heteroatoms. The molecule has 0 saturated carbocycles. The van der Waals surface area contributed by atoms with Crippen LogP contribution >= 0.6 is 0 Å². The number of aryl methyl sites for hydroxylation is 2. The van der Waals surface area contributed by atoms with Gasteiger partial charge >= 0.3 is 5.97 Å². The first-order valence-corrected chi connectivity index (χ1v) is 6.22. The number of H-pyrrole nitrogens is 1. The summed E-state index contributed by atoms with van der Waals surface area (Å²) in [5.41, 5.74) is 5.17. The van der Waals surface area contributed by atoms with E-state index in [0.717, 1.165) is 16.4 Å². The highest BCUT2D eigenvalue weighted by Gasteiger charge is 2.12. The van der Waals surface area contributed by atoms with Gasteiger partial charge in [-0.15, -0.1) is 0 Å². The van der Waals surface area contributed by atoms with Gasteiger partial charge in [-0.1, -0.05) is 12.1 Å². The Labute approximate surface area is 111 Å². The maximum absolute atomic E-state index is 11.6. The second-order valence-electron chi connectivity index (χ2n) is 4.83. The van der Waals surface area contributed by atoms with Crippen LogP contribution in [0.1, 0.15) is 21.5 Å². The van der Waals surface area contributed by atoms with E-state index in [-0.39, 0.29) is 5.97 Å². The maximum atomic E-state index is 11.6. The molecule has 96 valence electrons. The molecule has 0 spiro atoms. The van der Waals surface area contributed by atoms with Gasteiger partial charge in [0.2, 0.25) is 0 Å². The zero-order chi connectivity index (χ0) is 13.6. The zero-order valence-corrected chi connectivity index (χ0v) is 11.2. The van der Waals surface area contributed by atoms with Crippen molar-refractivity contribution in [3.8, 4) is 0 Å². The van der Waals surface area contributed by atoms with Crippen molar-refractivity contribution in [2.24, 2.45) is 0 Å². The zero-order valence-electron chi connectivity index (χ0n) is 11.2. The van der Waals surface area contributed by atoms with E-state index in [0.29, 0.717) is 5.56 Å². The first-order chi connectivity index (χ1) is 9.11. The molecule has 1 N–H and O–H groups in total. The number of esters is 1. The van der Waals surface area contributed by atoms with Gasteiger partial charge in [0.15, 0.2) is 0 Å². The van der Waals surface area contributed by atoms with E-state index in [1.54, 1.807) is 6.07 Å². The van der Waals surface area contributed by atoms with Gasteiger partial charge < -0.3 is 9.72 Å². The van der Waals surface area contributed by atoms with Gasteiger partial charge in [0.05, 0.1) is 12.7 Å². The Morgan fingerprint density at radius 1 is 1.11 bits per heavy atom. The third kappa shape index (κ3) is 1.70. The van der Waals surface area contributed by atoms with Crippen molar-refractivity contribution in [1.29, 1.82) is 0 Å². The van der Waals surface area contributed by atoms with Crippen LogP contribution < -0.4 is 0 Å². The monoisotopic (exact) mass is 253 g/mol. The van der Waals surface area contributed by atoms with Crippen molar-refractivity contribution in [3.05, 3.63) is 47.0 Å². The van der Waals surface area contributed by atoms with Gasteiger partial charge in [0.1, 0.15) is 0 Å². The van der Waals surface area contributed by atoms with Crippen LogP contribution in [0.3, 0.4) is 0 Å². The number of benzene rings is 2. The highest BCUT2D eigenvalue weighted by molar-refractivity contribution is 6.11. The van der Waals surface area contributed by atoms with E-state index in [1.165, 1.54) is 23.6 Å². The van der Waals surface area contributed by atoms with Gasteiger partial charge in [0.25, 0.3) is 0 Å². The largest absolute Gasteiger partial charge is 0.465 e. The Morgan fingerprint density at radius 3 is 2.58 bits per heavy atom. The number of hydrogen-bond donors (Lipinski definition) is 1. The fourth-order valence-corrected chi connectivity index (χ4v) is 2.56. The first kappa shape index (κ1) is 11.8. The smallest absolute Gasteiger partial charge is 0.337 e. The molecule has 2 aromatic carbocycles. The molecule has 0 atom stereocenters. The third-order valence-corrected chi connectivity index (χ3v) is 3.59. The Kier molecular flexibility index (Phi) is 2.56. The molecule has 3 nitrogen and oxygen atoms in total. The van der Waals surface area contributed by atoms with E-state index in [1.807, 2.05) is 12.1 Å². The number of hydrogen-bond acceptors (Lipinski definition) is 2. The fraction of sp³-hybridized carbons (Fsp3) is 0.188. The van der Waals surface area contributed by atoms with Crippen LogP contribution in [0.2, 0.25) is 0 Å². The molecule has 0 aliphatic carbocycles. The molecule has 1 aromatic heterocycles. The molecule has 0 aliphatic rings. The van der Waals surface area contributed by atoms with Crippen molar-refractivity contribution in [2.45, 2.75) is 13.8 Å². The maximum Gasteiger partial charge on any atom is 0.337 e. The number of rotatable bonds is 1. The molecular weight excluding hydrogens is 238 g/mol. The van der Waals surface area contributed by atoms with Crippen LogP contribution in [0.4, 0.5) is 0 Å². The van der Waals surface area contributed by atoms with Gasteiger partial charge in [-0.25, -0.2) is 4.79 Å². The second-order valence-corrected chi connectivity index (χ2v) is 4.83. The molecule has 0 bridgehead atoms. The van der Waals surface area contributed by atoms with Gasteiger partial charge in [-0.05, 0) is 43.2 Å². The summed E-state index contributed by atoms with van der Waals surface area (Å²) in [5.74, 6) is -0.304. The van der Waals surface area contributed by atoms with E-state index in [2.05, 4.69) is 31.0 Å². The Bertz CT molecular complexity index is 799. The number of carbonyl (C=O) groups is 1. The van der Waals surface area contributed by atoms with Crippen LogP contribution in [0.25, 0.3) is 21.8 Å². The lowest BCUT2D eigenvalue weighted by Crippen LogP contribution is -2.00. The highest BCUT2D eigenvalue weighted by atomic mass is 16.5. The number of nitrogens with one attached hydrogen (secondary N) is 1. The Hall–Kier alpha value is -2.29. The summed E-state index contributed by atoms with van der Waals surface area (Å²) in [6.07, 6.45) is 0. The summed E-state index contributed by atoms with van der Waals surface area (Å²) in [4.78, 5) is 15.1. The Balaban J connectivity index is 2.41. The van der Waals surface area contributed by atoms with E-state index >= 15 is 0 Å². The summed E-state index contributed by atoms with van der Waals surface area (Å²) in [6, 6.07) is 9.82. The predicted octanol–water partition coefficient (Wildman–Crippen LogP) is 3.72. The van der Waals surface area contributed by atoms with Crippen molar-refractivity contribution >= 4 is 27.8 Å². The lowest BCUT2D eigenvalue weighted by molar-refractivity contribution is 0.0601. The normalized spacial score (nSPS) is 11.1. The topological polar surface area (TPSA) is 42.1 Å². The van der Waals surface area contributed by atoms with Crippen LogP contribution in [0.15, 0.2) is 30.3 Å². The molecular formula is C16H15NO2. The quantitative estimate of drug-likeness (QED) is 0.671. The van der Waals surface area contributed by atoms with Crippen LogP contribution in [0, 0.1) is 13.8 Å². The average molecular weight is 253 g/mol. The minimum Gasteiger partial charge on any atom is -0.465 e. The molecule has 0 radical (unpaired) electrons. The molecule has 3 aromatic rings. The van der Waals surface area contributed by atoms with Crippen LogP contribution in [0.5, 0.6) is 0 Å². The summed E-state index contributed by atoms with van der Waals surface area (Å²) in [7, 11) is 1.40. The third-order valence-electron chi connectivity index (χ3n) is 3.59. The van der Waals surface area contributed by atoms with E-state index < -0.39 is 0 Å². The molecule has 0 fully saturated rings. The SMILES string of the molecule is COC(=O)c1ccc2[nH]c3c(C)ccc(C)c3c2c1. The molecule has 0 amide bonds. The number of aromatic nitrogens is 1. The van der Waals surface area contributed by atoms with Crippen molar-refractivity contribution in [2.75, 3.05) is 7.11 Å². The molecule has 1 heterocycles. The minimum absolute atomic E-state index is 0.304. The molecule has 0 aliphatic heterocycles. The number of carbonyl (C=O) groups excluding carboxylic acids is 1. The van der Waals surface area contributed by atoms with Gasteiger partial charge in [-0.3, -0.25) is 0 Å². The number of aromatic amines is 1. The summed E-state index contributed by atoms with van der Waals surface area (Å²) >= 11 is 0. The van der Waals surface area contributed by atoms with E-state index in [9.17, 15) is 4.79 Å². The van der Waals surface area contributed by atoms with Crippen LogP contribution in [-0.4, -0.2) is 18.1 Å². The summed E-state index contributed by atoms with van der Waals surface area (Å²) in [5, 5.41) is 2.25. The average Bonchev–Trinajstić information content (AvgIpc) is 2.81. The fourth-order valence-electron chi connectivity index (χ4n) is 2.56. The first-order valence-electron chi connectivity index (χ1n) is 6.22. The van der Waals surface area contributed by atoms with Crippen molar-refractivity contribution in [3.63, 3.8) is 0 Å². The molecule has 0 unspecified atom stereocenters. The van der Waals surface area contributed by atoms with Crippen LogP contribution in [-0.2, 0) is 4.74 Å². The van der Waals surface area contributed by atoms with Gasteiger partial charge in [0, 0.05) is 21.8 Å². The minimum atomic E-state index is -0.304. The number of ether oxygens (including phenoxy) is 1.